The summed E-state index contributed by atoms with van der Waals surface area (Å²) >= 11 is 0. The van der Waals surface area contributed by atoms with E-state index in [2.05, 4.69) is 28.9 Å². The topological polar surface area (TPSA) is 74.8 Å². The van der Waals surface area contributed by atoms with Crippen molar-refractivity contribution < 1.29 is 19.4 Å². The molecule has 2 N–H and O–H groups in total. The SMILES string of the molecule is CCO[C@@H]1CCN(C2CCOc3cc(C)c4[nH]ccc4c32)[C@@H](c2ccc(C(=O)O)cc2)C1. The second kappa shape index (κ2) is 8.60. The number of aryl methyl sites for hydroxylation is 1. The number of fused-ring (bicyclic) bond motifs is 3. The number of likely N-dealkylation sites (tertiary alicyclic amines) is 1. The highest BCUT2D eigenvalue weighted by molar-refractivity contribution is 5.89. The van der Waals surface area contributed by atoms with Crippen molar-refractivity contribution in [1.29, 1.82) is 0 Å². The fourth-order valence-electron chi connectivity index (χ4n) is 5.51. The van der Waals surface area contributed by atoms with Crippen molar-refractivity contribution >= 4 is 16.9 Å². The molecule has 0 amide bonds. The number of hydrogen-bond donors (Lipinski definition) is 2. The highest BCUT2D eigenvalue weighted by Gasteiger charge is 2.38. The van der Waals surface area contributed by atoms with Crippen LogP contribution >= 0.6 is 0 Å². The van der Waals surface area contributed by atoms with E-state index in [4.69, 9.17) is 9.47 Å². The maximum absolute atomic E-state index is 11.4. The van der Waals surface area contributed by atoms with Crippen molar-refractivity contribution in [3.63, 3.8) is 0 Å². The molecule has 0 radical (unpaired) electrons. The highest BCUT2D eigenvalue weighted by atomic mass is 16.5. The number of H-pyrrole nitrogens is 1. The number of hydrogen-bond acceptors (Lipinski definition) is 4. The van der Waals surface area contributed by atoms with E-state index in [1.807, 2.05) is 25.3 Å². The van der Waals surface area contributed by atoms with Gasteiger partial charge in [0, 0.05) is 54.3 Å². The Kier molecular flexibility index (Phi) is 5.66. The minimum atomic E-state index is -0.896. The minimum absolute atomic E-state index is 0.161. The number of piperidine rings is 1. The standard InChI is InChI=1S/C26H30N2O4/c1-3-31-19-9-12-28(22(15-19)17-4-6-18(7-5-17)26(29)30)21-10-13-32-23-14-16(2)25-20(24(21)23)8-11-27-25/h4-8,11,14,19,21-22,27H,3,9-10,12-13,15H2,1-2H3,(H,29,30)/t19-,21?,22-/m1/s1. The van der Waals surface area contributed by atoms with E-state index in [-0.39, 0.29) is 18.2 Å². The lowest BCUT2D eigenvalue weighted by Crippen LogP contribution is -2.43. The molecule has 0 saturated carbocycles. The van der Waals surface area contributed by atoms with Crippen molar-refractivity contribution in [2.75, 3.05) is 19.8 Å². The van der Waals surface area contributed by atoms with Crippen LogP contribution in [0.15, 0.2) is 42.6 Å². The molecule has 6 nitrogen and oxygen atoms in total. The molecule has 1 unspecified atom stereocenters. The maximum Gasteiger partial charge on any atom is 0.335 e. The zero-order chi connectivity index (χ0) is 22.2. The third-order valence-corrected chi connectivity index (χ3v) is 6.97. The lowest BCUT2D eigenvalue weighted by molar-refractivity contribution is -0.0311. The molecule has 0 bridgehead atoms. The third kappa shape index (κ3) is 3.67. The number of nitrogens with zero attached hydrogens (tertiary/aromatic N) is 1. The van der Waals surface area contributed by atoms with Gasteiger partial charge >= 0.3 is 5.97 Å². The summed E-state index contributed by atoms with van der Waals surface area (Å²) in [7, 11) is 0. The van der Waals surface area contributed by atoms with Crippen LogP contribution < -0.4 is 4.74 Å². The average Bonchev–Trinajstić information content (AvgIpc) is 3.30. The molecular formula is C26H30N2O4. The van der Waals surface area contributed by atoms with E-state index in [1.165, 1.54) is 22.0 Å². The van der Waals surface area contributed by atoms with Gasteiger partial charge in [-0.15, -0.1) is 0 Å². The van der Waals surface area contributed by atoms with Gasteiger partial charge < -0.3 is 19.6 Å². The quantitative estimate of drug-likeness (QED) is 0.574. The number of carboxylic acids is 1. The number of nitrogens with one attached hydrogen (secondary N) is 1. The summed E-state index contributed by atoms with van der Waals surface area (Å²) < 4.78 is 12.1. The molecule has 3 atom stereocenters. The third-order valence-electron chi connectivity index (χ3n) is 6.97. The molecule has 5 rings (SSSR count). The second-order valence-electron chi connectivity index (χ2n) is 8.81. The Balaban J connectivity index is 1.55. The Morgan fingerprint density at radius 1 is 1.22 bits per heavy atom. The normalized spacial score (nSPS) is 23.6. The molecule has 0 spiro atoms. The first kappa shape index (κ1) is 21.0. The number of benzene rings is 2. The van der Waals surface area contributed by atoms with Crippen LogP contribution in [0.25, 0.3) is 10.9 Å². The fourth-order valence-corrected chi connectivity index (χ4v) is 5.51. The molecule has 1 saturated heterocycles. The molecule has 1 fully saturated rings. The van der Waals surface area contributed by atoms with Gasteiger partial charge in [0.25, 0.3) is 0 Å². The van der Waals surface area contributed by atoms with Gasteiger partial charge in [-0.3, -0.25) is 4.90 Å². The van der Waals surface area contributed by atoms with Crippen molar-refractivity contribution in [3.05, 3.63) is 64.8 Å². The Bertz CT molecular complexity index is 1120. The first-order chi connectivity index (χ1) is 15.6. The monoisotopic (exact) mass is 434 g/mol. The van der Waals surface area contributed by atoms with Crippen LogP contribution in [0.2, 0.25) is 0 Å². The second-order valence-corrected chi connectivity index (χ2v) is 8.81. The molecule has 32 heavy (non-hydrogen) atoms. The van der Waals surface area contributed by atoms with Crippen molar-refractivity contribution in [2.45, 2.75) is 51.3 Å². The van der Waals surface area contributed by atoms with Gasteiger partial charge in [0.1, 0.15) is 5.75 Å². The zero-order valence-electron chi connectivity index (χ0n) is 18.6. The van der Waals surface area contributed by atoms with E-state index >= 15 is 0 Å². The van der Waals surface area contributed by atoms with Gasteiger partial charge in [-0.1, -0.05) is 12.1 Å². The summed E-state index contributed by atoms with van der Waals surface area (Å²) in [6, 6.07) is 12.1. The van der Waals surface area contributed by atoms with Crippen LogP contribution in [0.4, 0.5) is 0 Å². The molecule has 6 heteroatoms. The number of aromatic carboxylic acids is 1. The van der Waals surface area contributed by atoms with E-state index < -0.39 is 5.97 Å². The number of rotatable bonds is 5. The Morgan fingerprint density at radius 2 is 2.03 bits per heavy atom. The Hall–Kier alpha value is -2.83. The molecule has 0 aliphatic carbocycles. The number of carboxylic acid groups (broad SMARTS) is 1. The molecule has 1 aromatic heterocycles. The molecule has 2 aliphatic heterocycles. The van der Waals surface area contributed by atoms with E-state index in [0.717, 1.165) is 37.1 Å². The van der Waals surface area contributed by atoms with Crippen LogP contribution in [0.3, 0.4) is 0 Å². The zero-order valence-corrected chi connectivity index (χ0v) is 18.6. The number of carbonyl (C=O) groups is 1. The van der Waals surface area contributed by atoms with Gasteiger partial charge in [0.05, 0.1) is 18.3 Å². The molecule has 168 valence electrons. The van der Waals surface area contributed by atoms with Gasteiger partial charge in [0.2, 0.25) is 0 Å². The summed E-state index contributed by atoms with van der Waals surface area (Å²) in [5, 5.41) is 10.6. The van der Waals surface area contributed by atoms with E-state index in [1.54, 1.807) is 12.1 Å². The number of aromatic nitrogens is 1. The summed E-state index contributed by atoms with van der Waals surface area (Å²) in [5.74, 6) is 0.0885. The van der Waals surface area contributed by atoms with Crippen molar-refractivity contribution in [3.8, 4) is 5.75 Å². The Morgan fingerprint density at radius 3 is 2.78 bits per heavy atom. The van der Waals surface area contributed by atoms with Gasteiger partial charge in [0.15, 0.2) is 0 Å². The van der Waals surface area contributed by atoms with Crippen molar-refractivity contribution in [2.24, 2.45) is 0 Å². The largest absolute Gasteiger partial charge is 0.493 e. The van der Waals surface area contributed by atoms with Crippen LogP contribution in [0.1, 0.15) is 65.3 Å². The minimum Gasteiger partial charge on any atom is -0.493 e. The van der Waals surface area contributed by atoms with Crippen LogP contribution in [0.5, 0.6) is 5.75 Å². The molecule has 3 aromatic rings. The molecule has 2 aliphatic rings. The maximum atomic E-state index is 11.4. The van der Waals surface area contributed by atoms with Gasteiger partial charge in [-0.05, 0) is 62.1 Å². The smallest absolute Gasteiger partial charge is 0.335 e. The Labute approximate surface area is 188 Å². The van der Waals surface area contributed by atoms with Crippen LogP contribution in [-0.2, 0) is 4.74 Å². The summed E-state index contributed by atoms with van der Waals surface area (Å²) in [4.78, 5) is 17.3. The summed E-state index contributed by atoms with van der Waals surface area (Å²) in [6.45, 7) is 6.50. The van der Waals surface area contributed by atoms with Crippen LogP contribution in [-0.4, -0.2) is 46.8 Å². The van der Waals surface area contributed by atoms with E-state index in [9.17, 15) is 9.90 Å². The van der Waals surface area contributed by atoms with Crippen LogP contribution in [0, 0.1) is 6.92 Å². The molecular weight excluding hydrogens is 404 g/mol. The molecule has 2 aromatic carbocycles. The number of aromatic amines is 1. The predicted octanol–water partition coefficient (Wildman–Crippen LogP) is 5.24. The highest BCUT2D eigenvalue weighted by Crippen LogP contribution is 2.47. The summed E-state index contributed by atoms with van der Waals surface area (Å²) in [5.41, 5.74) is 5.09. The number of ether oxygens (including phenoxy) is 2. The lowest BCUT2D eigenvalue weighted by Gasteiger charge is -2.45. The van der Waals surface area contributed by atoms with Gasteiger partial charge in [-0.25, -0.2) is 4.79 Å². The lowest BCUT2D eigenvalue weighted by atomic mass is 9.86. The first-order valence-corrected chi connectivity index (χ1v) is 11.5. The first-order valence-electron chi connectivity index (χ1n) is 11.5. The predicted molar refractivity (Wildman–Crippen MR) is 123 cm³/mol. The average molecular weight is 435 g/mol. The van der Waals surface area contributed by atoms with Gasteiger partial charge in [-0.2, -0.15) is 0 Å². The van der Waals surface area contributed by atoms with Crippen molar-refractivity contribution in [1.82, 2.24) is 9.88 Å². The summed E-state index contributed by atoms with van der Waals surface area (Å²) in [6.07, 6.45) is 5.04. The fraction of sp³-hybridized carbons (Fsp3) is 0.423. The van der Waals surface area contributed by atoms with E-state index in [0.29, 0.717) is 18.8 Å². The molecule has 3 heterocycles.